The average Bonchev–Trinajstić information content (AvgIpc) is 3.75. The molecule has 0 bridgehead atoms. The lowest BCUT2D eigenvalue weighted by atomic mass is 9.83. The van der Waals surface area contributed by atoms with Crippen LogP contribution in [0.5, 0.6) is 0 Å². The fourth-order valence-electron chi connectivity index (χ4n) is 10.1. The first-order valence-corrected chi connectivity index (χ1v) is 20.1. The Bertz CT molecular complexity index is 3460. The highest BCUT2D eigenvalue weighted by atomic mass is 14.9. The Balaban J connectivity index is 1.27. The molecule has 12 rings (SSSR count). The molecule has 0 spiro atoms. The topological polar surface area (TPSA) is 9.86 Å². The molecule has 2 heteroatoms. The predicted molar refractivity (Wildman–Crippen MR) is 249 cm³/mol. The van der Waals surface area contributed by atoms with E-state index in [4.69, 9.17) is 0 Å². The van der Waals surface area contributed by atoms with Crippen LogP contribution in [-0.4, -0.2) is 9.13 Å². The van der Waals surface area contributed by atoms with Gasteiger partial charge in [0.15, 0.2) is 0 Å². The normalized spacial score (nSPS) is 12.0. The second-order valence-corrected chi connectivity index (χ2v) is 15.7. The first-order chi connectivity index (χ1) is 28.6. The molecule has 0 amide bonds. The van der Waals surface area contributed by atoms with Gasteiger partial charge in [-0.25, -0.2) is 0 Å². The van der Waals surface area contributed by atoms with Crippen LogP contribution in [0.2, 0.25) is 0 Å². The molecular weight excluding hydrogens is 701 g/mol. The van der Waals surface area contributed by atoms with Crippen LogP contribution in [0.3, 0.4) is 0 Å². The van der Waals surface area contributed by atoms with Crippen LogP contribution in [0.4, 0.5) is 0 Å². The standard InChI is InChI=1S/C56H38N2/c1-57-50-28-10-8-20-45(50)55-41(26-14-30-52(55)57)39-22-12-24-43-47(39)34-48-40(42-27-15-31-53-56(42)46-21-9-11-29-51(46)58(53)2)23-13-25-44(48)54(43)49-33-37(35-16-4-3-5-17-35)32-36-18-6-7-19-38(36)49/h3-34H,1-2H3. The van der Waals surface area contributed by atoms with Crippen molar-refractivity contribution in [2.45, 2.75) is 0 Å². The van der Waals surface area contributed by atoms with Crippen molar-refractivity contribution in [3.63, 3.8) is 0 Å². The van der Waals surface area contributed by atoms with Gasteiger partial charge in [0.25, 0.3) is 0 Å². The van der Waals surface area contributed by atoms with Crippen LogP contribution in [0.25, 0.3) is 120 Å². The quantitative estimate of drug-likeness (QED) is 0.159. The highest BCUT2D eigenvalue weighted by Gasteiger charge is 2.22. The third-order valence-corrected chi connectivity index (χ3v) is 12.7. The highest BCUT2D eigenvalue weighted by Crippen LogP contribution is 2.48. The van der Waals surface area contributed by atoms with E-state index in [1.807, 2.05) is 0 Å². The summed E-state index contributed by atoms with van der Waals surface area (Å²) in [6.07, 6.45) is 0. The van der Waals surface area contributed by atoms with Crippen LogP contribution in [0, 0.1) is 0 Å². The number of nitrogens with zero attached hydrogens (tertiary/aromatic N) is 2. The number of hydrogen-bond donors (Lipinski definition) is 0. The number of rotatable bonds is 4. The van der Waals surface area contributed by atoms with Gasteiger partial charge in [0.1, 0.15) is 0 Å². The fourth-order valence-corrected chi connectivity index (χ4v) is 10.1. The summed E-state index contributed by atoms with van der Waals surface area (Å²) in [5.41, 5.74) is 14.9. The van der Waals surface area contributed by atoms with Gasteiger partial charge in [0.05, 0.1) is 0 Å². The van der Waals surface area contributed by atoms with E-state index in [2.05, 4.69) is 217 Å². The zero-order valence-corrected chi connectivity index (χ0v) is 32.4. The summed E-state index contributed by atoms with van der Waals surface area (Å²) < 4.78 is 4.68. The van der Waals surface area contributed by atoms with Crippen molar-refractivity contribution >= 4 is 75.9 Å². The van der Waals surface area contributed by atoms with Crippen molar-refractivity contribution in [2.75, 3.05) is 0 Å². The minimum Gasteiger partial charge on any atom is -0.344 e. The maximum absolute atomic E-state index is 2.50. The molecule has 0 saturated carbocycles. The van der Waals surface area contributed by atoms with Gasteiger partial charge in [-0.15, -0.1) is 0 Å². The Morgan fingerprint density at radius 1 is 0.276 bits per heavy atom. The van der Waals surface area contributed by atoms with E-state index in [-0.39, 0.29) is 0 Å². The second-order valence-electron chi connectivity index (χ2n) is 15.7. The summed E-state index contributed by atoms with van der Waals surface area (Å²) >= 11 is 0. The zero-order valence-electron chi connectivity index (χ0n) is 32.4. The number of para-hydroxylation sites is 2. The summed E-state index contributed by atoms with van der Waals surface area (Å²) in [5.74, 6) is 0. The molecule has 0 N–H and O–H groups in total. The third-order valence-electron chi connectivity index (χ3n) is 12.7. The Labute approximate surface area is 336 Å². The lowest BCUT2D eigenvalue weighted by Crippen LogP contribution is -1.93. The van der Waals surface area contributed by atoms with Crippen molar-refractivity contribution in [1.29, 1.82) is 0 Å². The monoisotopic (exact) mass is 738 g/mol. The largest absolute Gasteiger partial charge is 0.344 e. The van der Waals surface area contributed by atoms with Crippen LogP contribution in [0.1, 0.15) is 0 Å². The molecular formula is C56H38N2. The molecule has 272 valence electrons. The van der Waals surface area contributed by atoms with Gasteiger partial charge in [0.2, 0.25) is 0 Å². The van der Waals surface area contributed by atoms with Gasteiger partial charge in [0, 0.05) is 57.7 Å². The number of hydrogen-bond acceptors (Lipinski definition) is 0. The van der Waals surface area contributed by atoms with Crippen LogP contribution in [-0.2, 0) is 14.1 Å². The van der Waals surface area contributed by atoms with Gasteiger partial charge in [-0.1, -0.05) is 152 Å². The van der Waals surface area contributed by atoms with E-state index in [0.29, 0.717) is 0 Å². The molecule has 58 heavy (non-hydrogen) atoms. The Morgan fingerprint density at radius 3 is 1.31 bits per heavy atom. The van der Waals surface area contributed by atoms with E-state index in [1.54, 1.807) is 0 Å². The van der Waals surface area contributed by atoms with Gasteiger partial charge in [-0.2, -0.15) is 0 Å². The van der Waals surface area contributed by atoms with Crippen molar-refractivity contribution in [2.24, 2.45) is 14.1 Å². The molecule has 0 aliphatic rings. The summed E-state index contributed by atoms with van der Waals surface area (Å²) in [4.78, 5) is 0. The second kappa shape index (κ2) is 12.5. The number of aromatic nitrogens is 2. The van der Waals surface area contributed by atoms with E-state index in [0.717, 1.165) is 0 Å². The van der Waals surface area contributed by atoms with Crippen molar-refractivity contribution in [3.05, 3.63) is 194 Å². The summed E-state index contributed by atoms with van der Waals surface area (Å²) in [6.45, 7) is 0. The molecule has 2 heterocycles. The smallest absolute Gasteiger partial charge is 0.0495 e. The predicted octanol–water partition coefficient (Wildman–Crippen LogP) is 15.1. The molecule has 0 atom stereocenters. The Kier molecular flexibility index (Phi) is 7.09. The summed E-state index contributed by atoms with van der Waals surface area (Å²) in [7, 11) is 4.38. The fraction of sp³-hybridized carbons (Fsp3) is 0.0357. The molecule has 0 fully saturated rings. The first kappa shape index (κ1) is 32.8. The van der Waals surface area contributed by atoms with Gasteiger partial charge < -0.3 is 9.13 Å². The Hall–Kier alpha value is -7.42. The van der Waals surface area contributed by atoms with E-state index in [9.17, 15) is 0 Å². The molecule has 10 aromatic carbocycles. The molecule has 2 nitrogen and oxygen atoms in total. The molecule has 0 unspecified atom stereocenters. The minimum absolute atomic E-state index is 1.21. The van der Waals surface area contributed by atoms with E-state index in [1.165, 1.54) is 120 Å². The third kappa shape index (κ3) is 4.66. The number of fused-ring (bicyclic) bond motifs is 9. The highest BCUT2D eigenvalue weighted by molar-refractivity contribution is 6.26. The summed E-state index contributed by atoms with van der Waals surface area (Å²) in [6, 6.07) is 72.1. The lowest BCUT2D eigenvalue weighted by Gasteiger charge is -2.20. The first-order valence-electron chi connectivity index (χ1n) is 20.1. The van der Waals surface area contributed by atoms with Crippen molar-refractivity contribution in [3.8, 4) is 44.5 Å². The molecule has 0 saturated heterocycles. The van der Waals surface area contributed by atoms with Crippen LogP contribution >= 0.6 is 0 Å². The number of aryl methyl sites for hydroxylation is 2. The summed E-state index contributed by atoms with van der Waals surface area (Å²) in [5, 5.41) is 12.6. The molecule has 0 aliphatic carbocycles. The maximum Gasteiger partial charge on any atom is 0.0495 e. The SMILES string of the molecule is Cn1c2ccccc2c2c(-c3cccc4c(-c5cc(-c6ccccc6)cc6ccccc56)c5cccc(-c6cccc7c6c6ccccc6n7C)c5cc34)cccc21. The van der Waals surface area contributed by atoms with E-state index >= 15 is 0 Å². The maximum atomic E-state index is 2.50. The minimum atomic E-state index is 1.21. The zero-order chi connectivity index (χ0) is 38.5. The Morgan fingerprint density at radius 2 is 0.724 bits per heavy atom. The molecule has 2 aromatic heterocycles. The van der Waals surface area contributed by atoms with Crippen LogP contribution < -0.4 is 0 Å². The van der Waals surface area contributed by atoms with Gasteiger partial charge in [-0.3, -0.25) is 0 Å². The molecule has 12 aromatic rings. The number of benzene rings is 10. The molecule has 0 aliphatic heterocycles. The molecule has 0 radical (unpaired) electrons. The van der Waals surface area contributed by atoms with Crippen molar-refractivity contribution in [1.82, 2.24) is 9.13 Å². The van der Waals surface area contributed by atoms with E-state index < -0.39 is 0 Å². The lowest BCUT2D eigenvalue weighted by molar-refractivity contribution is 1.01. The van der Waals surface area contributed by atoms with Crippen molar-refractivity contribution < 1.29 is 0 Å². The van der Waals surface area contributed by atoms with Gasteiger partial charge in [-0.05, 0) is 119 Å². The average molecular weight is 739 g/mol. The van der Waals surface area contributed by atoms with Crippen LogP contribution in [0.15, 0.2) is 194 Å². The van der Waals surface area contributed by atoms with Gasteiger partial charge >= 0.3 is 0 Å².